The maximum absolute atomic E-state index is 13.9. The number of benzene rings is 3. The van der Waals surface area contributed by atoms with Crippen LogP contribution in [0.25, 0.3) is 16.6 Å². The zero-order chi connectivity index (χ0) is 26.1. The first-order chi connectivity index (χ1) is 17.9. The summed E-state index contributed by atoms with van der Waals surface area (Å²) in [6.07, 6.45) is 0.658. The lowest BCUT2D eigenvalue weighted by atomic mass is 10.1. The lowest BCUT2D eigenvalue weighted by Crippen LogP contribution is -2.50. The number of carbonyl (C=O) groups is 1. The van der Waals surface area contributed by atoms with E-state index in [0.717, 1.165) is 0 Å². The van der Waals surface area contributed by atoms with Crippen LogP contribution in [0.3, 0.4) is 0 Å². The van der Waals surface area contributed by atoms with E-state index < -0.39 is 5.82 Å². The summed E-state index contributed by atoms with van der Waals surface area (Å²) < 4.78 is 28.7. The molecule has 1 saturated heterocycles. The Labute approximate surface area is 217 Å². The maximum Gasteiger partial charge on any atom is 0.266 e. The van der Waals surface area contributed by atoms with Gasteiger partial charge < -0.3 is 4.90 Å². The molecule has 0 spiro atoms. The number of rotatable bonds is 5. The number of amides is 1. The molecule has 0 aliphatic carbocycles. The summed E-state index contributed by atoms with van der Waals surface area (Å²) in [6.45, 7) is 4.11. The van der Waals surface area contributed by atoms with E-state index in [-0.39, 0.29) is 28.3 Å². The van der Waals surface area contributed by atoms with Crippen LogP contribution in [0.2, 0.25) is 5.02 Å². The monoisotopic (exact) mass is 522 g/mol. The summed E-state index contributed by atoms with van der Waals surface area (Å²) in [5.74, 6) is -0.562. The van der Waals surface area contributed by atoms with Crippen molar-refractivity contribution in [2.45, 2.75) is 19.4 Å². The molecule has 1 atom stereocenters. The van der Waals surface area contributed by atoms with Gasteiger partial charge in [-0.1, -0.05) is 30.7 Å². The number of aromatic nitrogens is 2. The molecule has 3 aromatic carbocycles. The second kappa shape index (κ2) is 10.4. The Balaban J connectivity index is 1.49. The average Bonchev–Trinajstić information content (AvgIpc) is 2.91. The van der Waals surface area contributed by atoms with E-state index in [2.05, 4.69) is 4.90 Å². The summed E-state index contributed by atoms with van der Waals surface area (Å²) in [7, 11) is 0. The molecule has 0 N–H and O–H groups in total. The SMILES string of the molecule is CCC(c1nc2ccccc2c(=O)n1-c1ccc(F)c(Cl)c1)N1CCN(C(=O)c2ccc(F)cc2)CC1. The van der Waals surface area contributed by atoms with Gasteiger partial charge in [-0.3, -0.25) is 19.1 Å². The molecule has 5 rings (SSSR count). The number of carbonyl (C=O) groups excluding carboxylic acids is 1. The highest BCUT2D eigenvalue weighted by molar-refractivity contribution is 6.30. The first-order valence-corrected chi connectivity index (χ1v) is 12.5. The summed E-state index contributed by atoms with van der Waals surface area (Å²) in [5.41, 5.74) is 1.20. The molecule has 0 bridgehead atoms. The van der Waals surface area contributed by atoms with Gasteiger partial charge >= 0.3 is 0 Å². The molecule has 1 amide bonds. The number of fused-ring (bicyclic) bond motifs is 1. The minimum absolute atomic E-state index is 0.0792. The molecule has 0 radical (unpaired) electrons. The molecule has 1 aromatic heterocycles. The smallest absolute Gasteiger partial charge is 0.266 e. The fraction of sp³-hybridized carbons (Fsp3) is 0.250. The topological polar surface area (TPSA) is 58.4 Å². The predicted octanol–water partition coefficient (Wildman–Crippen LogP) is 5.23. The molecule has 9 heteroatoms. The molecule has 190 valence electrons. The summed E-state index contributed by atoms with van der Waals surface area (Å²) in [5, 5.41) is 0.376. The van der Waals surface area contributed by atoms with Gasteiger partial charge in [-0.15, -0.1) is 0 Å². The van der Waals surface area contributed by atoms with Crippen LogP contribution in [0.4, 0.5) is 8.78 Å². The number of nitrogens with zero attached hydrogens (tertiary/aromatic N) is 4. The van der Waals surface area contributed by atoms with Crippen LogP contribution >= 0.6 is 11.6 Å². The Kier molecular flexibility index (Phi) is 7.04. The largest absolute Gasteiger partial charge is 0.336 e. The van der Waals surface area contributed by atoms with Crippen molar-refractivity contribution in [3.05, 3.63) is 105 Å². The maximum atomic E-state index is 13.9. The van der Waals surface area contributed by atoms with Crippen molar-refractivity contribution in [3.8, 4) is 5.69 Å². The molecular formula is C28H25ClF2N4O2. The Bertz CT molecular complexity index is 1520. The van der Waals surface area contributed by atoms with Gasteiger partial charge in [0.25, 0.3) is 11.5 Å². The first kappa shape index (κ1) is 25.0. The van der Waals surface area contributed by atoms with Crippen molar-refractivity contribution in [1.29, 1.82) is 0 Å². The molecule has 1 aliphatic heterocycles. The van der Waals surface area contributed by atoms with Gasteiger partial charge in [0.05, 0.1) is 27.7 Å². The lowest BCUT2D eigenvalue weighted by Gasteiger charge is -2.39. The average molecular weight is 523 g/mol. The second-order valence-electron chi connectivity index (χ2n) is 8.99. The van der Waals surface area contributed by atoms with E-state index in [9.17, 15) is 18.4 Å². The van der Waals surface area contributed by atoms with Gasteiger partial charge in [-0.2, -0.15) is 0 Å². The number of hydrogen-bond donors (Lipinski definition) is 0. The third-order valence-electron chi connectivity index (χ3n) is 6.78. The van der Waals surface area contributed by atoms with Crippen LogP contribution in [-0.2, 0) is 0 Å². The highest BCUT2D eigenvalue weighted by Crippen LogP contribution is 2.28. The normalized spacial score (nSPS) is 15.2. The zero-order valence-corrected chi connectivity index (χ0v) is 21.0. The standard InChI is InChI=1S/C28H25ClF2N4O2/c1-2-25(33-13-15-34(16-14-33)27(36)18-7-9-19(30)10-8-18)26-32-24-6-4-3-5-21(24)28(37)35(26)20-11-12-23(31)22(29)17-20/h3-12,17,25H,2,13-16H2,1H3. The Morgan fingerprint density at radius 1 is 1.00 bits per heavy atom. The minimum atomic E-state index is -0.567. The molecule has 1 fully saturated rings. The number of hydrogen-bond acceptors (Lipinski definition) is 4. The van der Waals surface area contributed by atoms with E-state index in [4.69, 9.17) is 16.6 Å². The van der Waals surface area contributed by atoms with Crippen LogP contribution in [-0.4, -0.2) is 51.4 Å². The fourth-order valence-electron chi connectivity index (χ4n) is 4.86. The van der Waals surface area contributed by atoms with Crippen molar-refractivity contribution in [2.75, 3.05) is 26.2 Å². The number of halogens is 3. The van der Waals surface area contributed by atoms with E-state index in [0.29, 0.717) is 60.6 Å². The van der Waals surface area contributed by atoms with Gasteiger partial charge in [0.15, 0.2) is 0 Å². The second-order valence-corrected chi connectivity index (χ2v) is 9.39. The first-order valence-electron chi connectivity index (χ1n) is 12.1. The molecule has 1 aliphatic rings. The molecule has 0 saturated carbocycles. The summed E-state index contributed by atoms with van der Waals surface area (Å²) in [6, 6.07) is 16.6. The molecule has 4 aromatic rings. The van der Waals surface area contributed by atoms with Crippen LogP contribution < -0.4 is 5.56 Å². The van der Waals surface area contributed by atoms with Gasteiger partial charge in [0.1, 0.15) is 17.5 Å². The van der Waals surface area contributed by atoms with Gasteiger partial charge in [0, 0.05) is 31.7 Å². The van der Waals surface area contributed by atoms with Gasteiger partial charge in [0.2, 0.25) is 0 Å². The van der Waals surface area contributed by atoms with Crippen LogP contribution in [0.5, 0.6) is 0 Å². The van der Waals surface area contributed by atoms with Crippen LogP contribution in [0.1, 0.15) is 35.6 Å². The molecule has 1 unspecified atom stereocenters. The van der Waals surface area contributed by atoms with Crippen molar-refractivity contribution < 1.29 is 13.6 Å². The van der Waals surface area contributed by atoms with E-state index >= 15 is 0 Å². The van der Waals surface area contributed by atoms with E-state index in [1.807, 2.05) is 13.0 Å². The molecule has 6 nitrogen and oxygen atoms in total. The number of para-hydroxylation sites is 1. The molecule has 37 heavy (non-hydrogen) atoms. The molecular weight excluding hydrogens is 498 g/mol. The summed E-state index contributed by atoms with van der Waals surface area (Å²) in [4.78, 5) is 35.4. The zero-order valence-electron chi connectivity index (χ0n) is 20.2. The predicted molar refractivity (Wildman–Crippen MR) is 139 cm³/mol. The quantitative estimate of drug-likeness (QED) is 0.360. The van der Waals surface area contributed by atoms with E-state index in [1.54, 1.807) is 23.1 Å². The number of piperazine rings is 1. The van der Waals surface area contributed by atoms with Gasteiger partial charge in [-0.05, 0) is 61.0 Å². The van der Waals surface area contributed by atoms with Crippen molar-refractivity contribution in [1.82, 2.24) is 19.4 Å². The van der Waals surface area contributed by atoms with Crippen molar-refractivity contribution >= 4 is 28.4 Å². The van der Waals surface area contributed by atoms with Crippen LogP contribution in [0, 0.1) is 11.6 Å². The third-order valence-corrected chi connectivity index (χ3v) is 7.07. The highest BCUT2D eigenvalue weighted by atomic mass is 35.5. The Morgan fingerprint density at radius 2 is 1.70 bits per heavy atom. The van der Waals surface area contributed by atoms with Gasteiger partial charge in [-0.25, -0.2) is 13.8 Å². The third kappa shape index (κ3) is 4.86. The summed E-state index contributed by atoms with van der Waals surface area (Å²) >= 11 is 6.07. The Morgan fingerprint density at radius 3 is 2.38 bits per heavy atom. The fourth-order valence-corrected chi connectivity index (χ4v) is 5.04. The molecule has 2 heterocycles. The van der Waals surface area contributed by atoms with Crippen molar-refractivity contribution in [3.63, 3.8) is 0 Å². The minimum Gasteiger partial charge on any atom is -0.336 e. The van der Waals surface area contributed by atoms with Crippen molar-refractivity contribution in [2.24, 2.45) is 0 Å². The van der Waals surface area contributed by atoms with E-state index in [1.165, 1.54) is 47.0 Å². The lowest BCUT2D eigenvalue weighted by molar-refractivity contribution is 0.0551. The Hall–Kier alpha value is -3.62. The van der Waals surface area contributed by atoms with Crippen LogP contribution in [0.15, 0.2) is 71.5 Å². The highest BCUT2D eigenvalue weighted by Gasteiger charge is 2.30.